The Morgan fingerprint density at radius 1 is 1.10 bits per heavy atom. The highest BCUT2D eigenvalue weighted by atomic mass is 32.2. The molecule has 30 heavy (non-hydrogen) atoms. The van der Waals surface area contributed by atoms with Crippen LogP contribution >= 0.6 is 11.8 Å². The van der Waals surface area contributed by atoms with Crippen LogP contribution in [0.3, 0.4) is 0 Å². The number of carbonyl (C=O) groups is 1. The lowest BCUT2D eigenvalue weighted by molar-refractivity contribution is 0.0958. The van der Waals surface area contributed by atoms with Crippen LogP contribution in [0.5, 0.6) is 11.5 Å². The number of nitrogens with one attached hydrogen (secondary N) is 3. The molecule has 1 amide bonds. The quantitative estimate of drug-likeness (QED) is 0.391. The van der Waals surface area contributed by atoms with Crippen LogP contribution in [0, 0.1) is 0 Å². The lowest BCUT2D eigenvalue weighted by Gasteiger charge is -2.23. The van der Waals surface area contributed by atoms with Crippen molar-refractivity contribution in [1.82, 2.24) is 15.6 Å². The van der Waals surface area contributed by atoms with Gasteiger partial charge in [0.25, 0.3) is 5.91 Å². The van der Waals surface area contributed by atoms with Gasteiger partial charge in [0.1, 0.15) is 17.2 Å². The van der Waals surface area contributed by atoms with Gasteiger partial charge in [0, 0.05) is 48.9 Å². The van der Waals surface area contributed by atoms with Crippen molar-refractivity contribution in [2.75, 3.05) is 25.3 Å². The highest BCUT2D eigenvalue weighted by molar-refractivity contribution is 7.99. The molecular formula is C23H34N4O2S. The Labute approximate surface area is 184 Å². The number of benzene rings is 1. The third-order valence-corrected chi connectivity index (χ3v) is 5.81. The maximum Gasteiger partial charge on any atom is 0.269 e. The number of ether oxygens (including phenoxy) is 1. The summed E-state index contributed by atoms with van der Waals surface area (Å²) in [7, 11) is 3.51. The summed E-state index contributed by atoms with van der Waals surface area (Å²) in [5.74, 6) is 1.95. The molecule has 1 aliphatic carbocycles. The average Bonchev–Trinajstić information content (AvgIpc) is 2.81. The number of hydrogen-bond donors (Lipinski definition) is 3. The number of anilines is 1. The first-order valence-electron chi connectivity index (χ1n) is 10.7. The number of amides is 1. The number of pyridine rings is 1. The summed E-state index contributed by atoms with van der Waals surface area (Å²) in [4.78, 5) is 17.0. The Morgan fingerprint density at radius 2 is 1.83 bits per heavy atom. The summed E-state index contributed by atoms with van der Waals surface area (Å²) >= 11 is 1.77. The van der Waals surface area contributed by atoms with E-state index in [0.29, 0.717) is 17.5 Å². The number of thioether (sulfide) groups is 1. The van der Waals surface area contributed by atoms with Gasteiger partial charge in [0.05, 0.1) is 0 Å². The van der Waals surface area contributed by atoms with E-state index in [9.17, 15) is 4.79 Å². The van der Waals surface area contributed by atoms with Crippen molar-refractivity contribution >= 4 is 23.4 Å². The lowest BCUT2D eigenvalue weighted by Crippen LogP contribution is -2.30. The fraction of sp³-hybridized carbons (Fsp3) is 0.478. The molecule has 3 rings (SSSR count). The smallest absolute Gasteiger partial charge is 0.269 e. The fourth-order valence-electron chi connectivity index (χ4n) is 3.30. The predicted octanol–water partition coefficient (Wildman–Crippen LogP) is 5.27. The van der Waals surface area contributed by atoms with Crippen LogP contribution in [-0.4, -0.2) is 36.9 Å². The lowest BCUT2D eigenvalue weighted by atomic mass is 9.96. The Bertz CT molecular complexity index is 795. The van der Waals surface area contributed by atoms with Crippen molar-refractivity contribution in [3.63, 3.8) is 0 Å². The van der Waals surface area contributed by atoms with Crippen molar-refractivity contribution in [2.45, 2.75) is 56.9 Å². The molecule has 0 radical (unpaired) electrons. The molecule has 2 aromatic rings. The molecule has 3 N–H and O–H groups in total. The zero-order valence-corrected chi connectivity index (χ0v) is 19.3. The maximum absolute atomic E-state index is 11.8. The van der Waals surface area contributed by atoms with Crippen molar-refractivity contribution < 1.29 is 9.53 Å². The Morgan fingerprint density at radius 3 is 2.53 bits per heavy atom. The van der Waals surface area contributed by atoms with Crippen LogP contribution < -0.4 is 20.7 Å². The molecule has 1 aliphatic rings. The number of aromatic nitrogens is 1. The van der Waals surface area contributed by atoms with Gasteiger partial charge in [-0.2, -0.15) is 0 Å². The maximum atomic E-state index is 11.8. The molecule has 1 saturated carbocycles. The van der Waals surface area contributed by atoms with E-state index in [1.165, 1.54) is 32.1 Å². The molecule has 7 heteroatoms. The Hall–Kier alpha value is -2.25. The third kappa shape index (κ3) is 7.22. The molecular weight excluding hydrogens is 396 g/mol. The largest absolute Gasteiger partial charge is 0.457 e. The number of nitrogens with zero attached hydrogens (tertiary/aromatic N) is 1. The minimum Gasteiger partial charge on any atom is -0.457 e. The standard InChI is InChI=1S/C21H28N4O2S.C2H6/c1-22-18-9-8-16(27-17-10-11-24-19(12-17)21(26)23-2)13-20(18)28-14-25-15-6-4-3-5-7-15;1-2/h8-13,15,22,25H,3-7,14H2,1-2H3,(H,23,26);1-2H3. The van der Waals surface area contributed by atoms with Crippen molar-refractivity contribution in [1.29, 1.82) is 0 Å². The minimum atomic E-state index is -0.235. The second-order valence-corrected chi connectivity index (χ2v) is 7.81. The van der Waals surface area contributed by atoms with Crippen LogP contribution in [-0.2, 0) is 0 Å². The molecule has 0 aliphatic heterocycles. The summed E-state index contributed by atoms with van der Waals surface area (Å²) in [6, 6.07) is 9.99. The average molecular weight is 431 g/mol. The van der Waals surface area contributed by atoms with Gasteiger partial charge >= 0.3 is 0 Å². The second-order valence-electron chi connectivity index (χ2n) is 6.79. The second kappa shape index (κ2) is 13.1. The van der Waals surface area contributed by atoms with E-state index >= 15 is 0 Å². The predicted molar refractivity (Wildman–Crippen MR) is 126 cm³/mol. The van der Waals surface area contributed by atoms with Crippen LogP contribution in [0.25, 0.3) is 0 Å². The van der Waals surface area contributed by atoms with Gasteiger partial charge in [0.15, 0.2) is 0 Å². The van der Waals surface area contributed by atoms with Gasteiger partial charge in [-0.1, -0.05) is 33.1 Å². The van der Waals surface area contributed by atoms with E-state index in [0.717, 1.165) is 22.2 Å². The number of rotatable bonds is 8. The van der Waals surface area contributed by atoms with Crippen LogP contribution in [0.1, 0.15) is 56.4 Å². The molecule has 0 atom stereocenters. The van der Waals surface area contributed by atoms with E-state index in [-0.39, 0.29) is 5.91 Å². The molecule has 6 nitrogen and oxygen atoms in total. The van der Waals surface area contributed by atoms with Gasteiger partial charge in [0.2, 0.25) is 0 Å². The van der Waals surface area contributed by atoms with Crippen LogP contribution in [0.4, 0.5) is 5.69 Å². The third-order valence-electron chi connectivity index (χ3n) is 4.85. The van der Waals surface area contributed by atoms with Crippen molar-refractivity contribution in [3.8, 4) is 11.5 Å². The summed E-state index contributed by atoms with van der Waals surface area (Å²) in [6.07, 6.45) is 8.16. The minimum absolute atomic E-state index is 0.235. The van der Waals surface area contributed by atoms with Gasteiger partial charge in [-0.15, -0.1) is 11.8 Å². The summed E-state index contributed by atoms with van der Waals surface area (Å²) in [5.41, 5.74) is 1.40. The number of carbonyl (C=O) groups excluding carboxylic acids is 1. The molecule has 1 aromatic heterocycles. The monoisotopic (exact) mass is 430 g/mol. The molecule has 0 unspecified atom stereocenters. The topological polar surface area (TPSA) is 75.3 Å². The zero-order valence-electron chi connectivity index (χ0n) is 18.5. The summed E-state index contributed by atoms with van der Waals surface area (Å²) < 4.78 is 5.97. The van der Waals surface area contributed by atoms with Gasteiger partial charge in [-0.3, -0.25) is 9.78 Å². The van der Waals surface area contributed by atoms with Crippen LogP contribution in [0.15, 0.2) is 41.4 Å². The first-order chi connectivity index (χ1) is 14.7. The molecule has 164 valence electrons. The van der Waals surface area contributed by atoms with E-state index in [1.54, 1.807) is 37.1 Å². The molecule has 0 saturated heterocycles. The summed E-state index contributed by atoms with van der Waals surface area (Å²) in [5, 5.41) is 9.47. The SMILES string of the molecule is CC.CNC(=O)c1cc(Oc2ccc(NC)c(SCNC3CCCCC3)c2)ccn1. The van der Waals surface area contributed by atoms with Gasteiger partial charge < -0.3 is 20.7 Å². The zero-order chi connectivity index (χ0) is 21.8. The number of hydrogen-bond acceptors (Lipinski definition) is 6. The molecule has 1 aromatic carbocycles. The highest BCUT2D eigenvalue weighted by Crippen LogP contribution is 2.33. The molecule has 1 heterocycles. The van der Waals surface area contributed by atoms with E-state index in [1.807, 2.05) is 39.1 Å². The van der Waals surface area contributed by atoms with E-state index < -0.39 is 0 Å². The first-order valence-corrected chi connectivity index (χ1v) is 11.7. The van der Waals surface area contributed by atoms with E-state index in [2.05, 4.69) is 20.9 Å². The Balaban J connectivity index is 0.00000155. The molecule has 0 bridgehead atoms. The van der Waals surface area contributed by atoms with Gasteiger partial charge in [-0.25, -0.2) is 0 Å². The van der Waals surface area contributed by atoms with Crippen molar-refractivity contribution in [3.05, 3.63) is 42.2 Å². The molecule has 0 spiro atoms. The van der Waals surface area contributed by atoms with E-state index in [4.69, 9.17) is 4.74 Å². The highest BCUT2D eigenvalue weighted by Gasteiger charge is 2.13. The fourth-order valence-corrected chi connectivity index (χ4v) is 4.30. The van der Waals surface area contributed by atoms with Crippen molar-refractivity contribution in [2.24, 2.45) is 0 Å². The first kappa shape index (κ1) is 24.0. The normalized spacial score (nSPS) is 13.7. The molecule has 1 fully saturated rings. The Kier molecular flexibility index (Phi) is 10.5. The summed E-state index contributed by atoms with van der Waals surface area (Å²) in [6.45, 7) is 4.00. The van der Waals surface area contributed by atoms with Crippen LogP contribution in [0.2, 0.25) is 0 Å². The van der Waals surface area contributed by atoms with Gasteiger partial charge in [-0.05, 0) is 37.1 Å².